The maximum absolute atomic E-state index is 5.31. The number of thiocarbonyl (C=S) groups is 1. The van der Waals surface area contributed by atoms with E-state index in [0.717, 1.165) is 29.7 Å². The minimum absolute atomic E-state index is 0.119. The first-order valence-corrected chi connectivity index (χ1v) is 7.09. The Hall–Kier alpha value is -0.690. The molecule has 0 saturated heterocycles. The SMILES string of the molecule is C=C(CCC(C)(C)C(C)=S)/C(C)=C(\CC)C(=C)C. The molecule has 0 aromatic carbocycles. The van der Waals surface area contributed by atoms with Gasteiger partial charge in [-0.05, 0) is 61.5 Å². The van der Waals surface area contributed by atoms with Gasteiger partial charge in [0.05, 0.1) is 0 Å². The third-order valence-electron chi connectivity index (χ3n) is 3.86. The van der Waals surface area contributed by atoms with E-state index in [1.165, 1.54) is 16.7 Å². The average Bonchev–Trinajstić information content (AvgIpc) is 2.25. The molecule has 0 unspecified atom stereocenters. The van der Waals surface area contributed by atoms with Gasteiger partial charge in [-0.25, -0.2) is 0 Å². The summed E-state index contributed by atoms with van der Waals surface area (Å²) in [5.41, 5.74) is 5.15. The van der Waals surface area contributed by atoms with Crippen LogP contribution in [0.4, 0.5) is 0 Å². The van der Waals surface area contributed by atoms with Gasteiger partial charge in [-0.15, -0.1) is 0 Å². The lowest BCUT2D eigenvalue weighted by atomic mass is 9.82. The van der Waals surface area contributed by atoms with Crippen LogP contribution in [0.5, 0.6) is 0 Å². The Morgan fingerprint density at radius 2 is 1.61 bits per heavy atom. The zero-order valence-electron chi connectivity index (χ0n) is 12.9. The zero-order valence-corrected chi connectivity index (χ0v) is 13.8. The molecule has 0 rings (SSSR count). The molecule has 0 spiro atoms. The minimum Gasteiger partial charge on any atom is -0.0958 e. The molecule has 0 atom stereocenters. The van der Waals surface area contributed by atoms with Crippen LogP contribution in [0, 0.1) is 5.41 Å². The summed E-state index contributed by atoms with van der Waals surface area (Å²) in [7, 11) is 0. The first kappa shape index (κ1) is 17.3. The van der Waals surface area contributed by atoms with Crippen LogP contribution in [0.15, 0.2) is 35.5 Å². The van der Waals surface area contributed by atoms with Gasteiger partial charge in [0.15, 0.2) is 0 Å². The van der Waals surface area contributed by atoms with Gasteiger partial charge in [-0.2, -0.15) is 0 Å². The standard InChI is InChI=1S/C17H28S/c1-9-16(12(2)3)14(5)13(4)10-11-17(7,8)15(6)18/h2,4,9-11H2,1,3,5-8H3/b16-14+. The molecule has 0 nitrogen and oxygen atoms in total. The molecule has 102 valence electrons. The molecule has 0 saturated carbocycles. The van der Waals surface area contributed by atoms with Crippen LogP contribution < -0.4 is 0 Å². The van der Waals surface area contributed by atoms with E-state index in [0.29, 0.717) is 0 Å². The fraction of sp³-hybridized carbons (Fsp3) is 0.588. The summed E-state index contributed by atoms with van der Waals surface area (Å²) >= 11 is 5.31. The van der Waals surface area contributed by atoms with Crippen molar-refractivity contribution in [3.63, 3.8) is 0 Å². The fourth-order valence-corrected chi connectivity index (χ4v) is 2.03. The third kappa shape index (κ3) is 4.89. The number of allylic oxidation sites excluding steroid dienone is 4. The highest BCUT2D eigenvalue weighted by Crippen LogP contribution is 2.30. The van der Waals surface area contributed by atoms with Gasteiger partial charge in [-0.1, -0.05) is 57.3 Å². The third-order valence-corrected chi connectivity index (χ3v) is 4.41. The van der Waals surface area contributed by atoms with Gasteiger partial charge < -0.3 is 0 Å². The van der Waals surface area contributed by atoms with Gasteiger partial charge in [0, 0.05) is 0 Å². The molecule has 0 fully saturated rings. The predicted octanol–water partition coefficient (Wildman–Crippen LogP) is 6.04. The molecule has 0 aromatic heterocycles. The lowest BCUT2D eigenvalue weighted by molar-refractivity contribution is 0.481. The zero-order chi connectivity index (χ0) is 14.5. The van der Waals surface area contributed by atoms with Gasteiger partial charge in [0.1, 0.15) is 0 Å². The Kier molecular flexibility index (Phi) is 6.77. The smallest absolute Gasteiger partial charge is 0.00396 e. The molecule has 0 aliphatic rings. The van der Waals surface area contributed by atoms with Crippen LogP contribution in [-0.4, -0.2) is 4.86 Å². The Balaban J connectivity index is 4.80. The molecule has 0 aliphatic carbocycles. The van der Waals surface area contributed by atoms with Crippen LogP contribution in [0.1, 0.15) is 60.8 Å². The van der Waals surface area contributed by atoms with Crippen molar-refractivity contribution in [2.75, 3.05) is 0 Å². The van der Waals surface area contributed by atoms with Crippen LogP contribution in [0.2, 0.25) is 0 Å². The van der Waals surface area contributed by atoms with Gasteiger partial charge >= 0.3 is 0 Å². The lowest BCUT2D eigenvalue weighted by Crippen LogP contribution is -2.19. The first-order valence-electron chi connectivity index (χ1n) is 6.68. The van der Waals surface area contributed by atoms with Crippen LogP contribution in [0.3, 0.4) is 0 Å². The monoisotopic (exact) mass is 264 g/mol. The van der Waals surface area contributed by atoms with Crippen LogP contribution in [-0.2, 0) is 0 Å². The lowest BCUT2D eigenvalue weighted by Gasteiger charge is -2.24. The van der Waals surface area contributed by atoms with Crippen molar-refractivity contribution in [2.24, 2.45) is 5.41 Å². The predicted molar refractivity (Wildman–Crippen MR) is 88.2 cm³/mol. The second-order valence-electron chi connectivity index (χ2n) is 5.78. The van der Waals surface area contributed by atoms with E-state index in [2.05, 4.69) is 47.8 Å². The molecule has 1 heteroatoms. The van der Waals surface area contributed by atoms with E-state index in [9.17, 15) is 0 Å². The summed E-state index contributed by atoms with van der Waals surface area (Å²) < 4.78 is 0. The normalized spacial score (nSPS) is 13.0. The van der Waals surface area contributed by atoms with E-state index in [-0.39, 0.29) is 5.41 Å². The van der Waals surface area contributed by atoms with E-state index in [1.54, 1.807) is 0 Å². The summed E-state index contributed by atoms with van der Waals surface area (Å²) in [5, 5.41) is 0. The summed E-state index contributed by atoms with van der Waals surface area (Å²) in [5.74, 6) is 0. The molecule has 0 aliphatic heterocycles. The van der Waals surface area contributed by atoms with Gasteiger partial charge in [0.2, 0.25) is 0 Å². The van der Waals surface area contributed by atoms with E-state index >= 15 is 0 Å². The Labute approximate surface area is 119 Å². The second kappa shape index (κ2) is 7.04. The molecular formula is C17H28S. The molecule has 0 bridgehead atoms. The number of rotatable bonds is 7. The van der Waals surface area contributed by atoms with Crippen molar-refractivity contribution in [3.8, 4) is 0 Å². The number of hydrogen-bond acceptors (Lipinski definition) is 1. The summed E-state index contributed by atoms with van der Waals surface area (Å²) in [6.07, 6.45) is 3.09. The summed E-state index contributed by atoms with van der Waals surface area (Å²) in [4.78, 5) is 1.08. The van der Waals surface area contributed by atoms with Gasteiger partial charge in [-0.3, -0.25) is 0 Å². The minimum atomic E-state index is 0.119. The largest absolute Gasteiger partial charge is 0.0958 e. The van der Waals surface area contributed by atoms with Crippen molar-refractivity contribution in [1.29, 1.82) is 0 Å². The van der Waals surface area contributed by atoms with Crippen LogP contribution >= 0.6 is 12.2 Å². The summed E-state index contributed by atoms with van der Waals surface area (Å²) in [6.45, 7) is 21.1. The van der Waals surface area contributed by atoms with Crippen molar-refractivity contribution in [3.05, 3.63) is 35.5 Å². The Morgan fingerprint density at radius 3 is 1.94 bits per heavy atom. The van der Waals surface area contributed by atoms with Crippen LogP contribution in [0.25, 0.3) is 0 Å². The van der Waals surface area contributed by atoms with Crippen molar-refractivity contribution in [1.82, 2.24) is 0 Å². The molecule has 0 N–H and O–H groups in total. The highest BCUT2D eigenvalue weighted by atomic mass is 32.1. The Morgan fingerprint density at radius 1 is 1.11 bits per heavy atom. The maximum atomic E-state index is 5.31. The highest BCUT2D eigenvalue weighted by Gasteiger charge is 2.20. The molecule has 0 heterocycles. The molecule has 18 heavy (non-hydrogen) atoms. The topological polar surface area (TPSA) is 0 Å². The number of hydrogen-bond donors (Lipinski definition) is 0. The molecule has 0 amide bonds. The fourth-order valence-electron chi connectivity index (χ4n) is 1.93. The summed E-state index contributed by atoms with van der Waals surface area (Å²) in [6, 6.07) is 0. The van der Waals surface area contributed by atoms with Crippen molar-refractivity contribution >= 4 is 17.1 Å². The molecular weight excluding hydrogens is 236 g/mol. The van der Waals surface area contributed by atoms with Crippen molar-refractivity contribution in [2.45, 2.75) is 60.8 Å². The molecule has 0 radical (unpaired) electrons. The van der Waals surface area contributed by atoms with Crippen molar-refractivity contribution < 1.29 is 0 Å². The average molecular weight is 264 g/mol. The maximum Gasteiger partial charge on any atom is -0.00396 e. The van der Waals surface area contributed by atoms with Gasteiger partial charge in [0.25, 0.3) is 0 Å². The molecule has 0 aromatic rings. The Bertz CT molecular complexity index is 380. The second-order valence-corrected chi connectivity index (χ2v) is 6.39. The van der Waals surface area contributed by atoms with E-state index in [1.807, 2.05) is 6.92 Å². The highest BCUT2D eigenvalue weighted by molar-refractivity contribution is 7.80. The quantitative estimate of drug-likeness (QED) is 0.399. The first-order chi connectivity index (χ1) is 8.13. The van der Waals surface area contributed by atoms with E-state index in [4.69, 9.17) is 12.2 Å². The van der Waals surface area contributed by atoms with E-state index < -0.39 is 0 Å².